The molecule has 0 unspecified atom stereocenters. The molecule has 3 rings (SSSR count). The zero-order valence-corrected chi connectivity index (χ0v) is 13.2. The molecule has 0 aliphatic carbocycles. The summed E-state index contributed by atoms with van der Waals surface area (Å²) in [6.07, 6.45) is -0.748. The summed E-state index contributed by atoms with van der Waals surface area (Å²) in [6.45, 7) is 0.144. The molecule has 0 spiro atoms. The Hall–Kier alpha value is -1.88. The van der Waals surface area contributed by atoms with Crippen molar-refractivity contribution < 1.29 is 9.90 Å². The molecule has 22 heavy (non-hydrogen) atoms. The van der Waals surface area contributed by atoms with Crippen LogP contribution < -0.4 is 5.32 Å². The van der Waals surface area contributed by atoms with E-state index in [2.05, 4.69) is 5.32 Å². The van der Waals surface area contributed by atoms with E-state index in [1.165, 1.54) is 0 Å². The molecule has 0 aliphatic rings. The molecule has 0 saturated heterocycles. The zero-order valence-electron chi connectivity index (χ0n) is 11.6. The highest BCUT2D eigenvalue weighted by molar-refractivity contribution is 7.17. The highest BCUT2D eigenvalue weighted by Gasteiger charge is 2.15. The predicted octanol–water partition coefficient (Wildman–Crippen LogP) is 4.02. The van der Waals surface area contributed by atoms with Crippen molar-refractivity contribution in [2.24, 2.45) is 0 Å². The standard InChI is InChI=1S/C17H14ClNO2S/c18-14-7-3-1-6-12(14)17(21)19-9-15(20)13-10-22-16-8-4-2-5-11(13)16/h1-8,10,15,20H,9H2,(H,19,21)/t15-/m1/s1. The molecule has 1 aromatic heterocycles. The maximum absolute atomic E-state index is 12.1. The van der Waals surface area contributed by atoms with Gasteiger partial charge in [0.1, 0.15) is 0 Å². The molecule has 0 aliphatic heterocycles. The molecule has 1 heterocycles. The van der Waals surface area contributed by atoms with Crippen LogP contribution in [0.4, 0.5) is 0 Å². The summed E-state index contributed by atoms with van der Waals surface area (Å²) in [7, 11) is 0. The Balaban J connectivity index is 1.71. The van der Waals surface area contributed by atoms with Crippen molar-refractivity contribution in [1.29, 1.82) is 0 Å². The third-order valence-corrected chi connectivity index (χ3v) is 4.76. The molecular weight excluding hydrogens is 318 g/mol. The molecule has 3 aromatic rings. The van der Waals surface area contributed by atoms with Crippen molar-refractivity contribution in [1.82, 2.24) is 5.32 Å². The minimum atomic E-state index is -0.748. The minimum absolute atomic E-state index is 0.144. The Labute approximate surface area is 137 Å². The molecule has 2 aromatic carbocycles. The normalized spacial score (nSPS) is 12.3. The van der Waals surface area contributed by atoms with E-state index in [1.807, 2.05) is 29.6 Å². The fourth-order valence-electron chi connectivity index (χ4n) is 2.30. The first-order chi connectivity index (χ1) is 10.7. The molecule has 1 amide bonds. The van der Waals surface area contributed by atoms with Crippen molar-refractivity contribution in [3.63, 3.8) is 0 Å². The Morgan fingerprint density at radius 2 is 1.91 bits per heavy atom. The molecule has 5 heteroatoms. The van der Waals surface area contributed by atoms with E-state index in [9.17, 15) is 9.90 Å². The van der Waals surface area contributed by atoms with E-state index in [4.69, 9.17) is 11.6 Å². The number of benzene rings is 2. The van der Waals surface area contributed by atoms with E-state index >= 15 is 0 Å². The number of hydrogen-bond donors (Lipinski definition) is 2. The van der Waals surface area contributed by atoms with Crippen molar-refractivity contribution in [2.75, 3.05) is 6.54 Å². The van der Waals surface area contributed by atoms with Gasteiger partial charge in [-0.25, -0.2) is 0 Å². The zero-order chi connectivity index (χ0) is 15.5. The largest absolute Gasteiger partial charge is 0.387 e. The Bertz CT molecular complexity index is 815. The number of nitrogens with one attached hydrogen (secondary N) is 1. The van der Waals surface area contributed by atoms with Gasteiger partial charge in [0, 0.05) is 16.8 Å². The number of carbonyl (C=O) groups is 1. The van der Waals surface area contributed by atoms with Gasteiger partial charge < -0.3 is 10.4 Å². The SMILES string of the molecule is O=C(NC[C@@H](O)c1csc2ccccc12)c1ccccc1Cl. The molecule has 1 atom stereocenters. The van der Waals surface area contributed by atoms with Crippen molar-refractivity contribution in [3.8, 4) is 0 Å². The van der Waals surface area contributed by atoms with Gasteiger partial charge in [0.2, 0.25) is 0 Å². The topological polar surface area (TPSA) is 49.3 Å². The summed E-state index contributed by atoms with van der Waals surface area (Å²) >= 11 is 7.57. The fraction of sp³-hybridized carbons (Fsp3) is 0.118. The first-order valence-corrected chi connectivity index (χ1v) is 8.09. The van der Waals surface area contributed by atoms with Gasteiger partial charge >= 0.3 is 0 Å². The maximum atomic E-state index is 12.1. The second kappa shape index (κ2) is 6.48. The fourth-order valence-corrected chi connectivity index (χ4v) is 3.53. The van der Waals surface area contributed by atoms with Crippen LogP contribution in [0.25, 0.3) is 10.1 Å². The Morgan fingerprint density at radius 1 is 1.18 bits per heavy atom. The summed E-state index contributed by atoms with van der Waals surface area (Å²) in [4.78, 5) is 12.1. The summed E-state index contributed by atoms with van der Waals surface area (Å²) < 4.78 is 1.12. The first-order valence-electron chi connectivity index (χ1n) is 6.83. The first kappa shape index (κ1) is 15.0. The van der Waals surface area contributed by atoms with Gasteiger partial charge in [-0.3, -0.25) is 4.79 Å². The summed E-state index contributed by atoms with van der Waals surface area (Å²) in [6, 6.07) is 14.7. The average molecular weight is 332 g/mol. The number of hydrogen-bond acceptors (Lipinski definition) is 3. The highest BCUT2D eigenvalue weighted by Crippen LogP contribution is 2.29. The number of rotatable bonds is 4. The number of aliphatic hydroxyl groups excluding tert-OH is 1. The molecule has 3 nitrogen and oxygen atoms in total. The quantitative estimate of drug-likeness (QED) is 0.758. The number of thiophene rings is 1. The lowest BCUT2D eigenvalue weighted by Crippen LogP contribution is -2.28. The Morgan fingerprint density at radius 3 is 2.73 bits per heavy atom. The van der Waals surface area contributed by atoms with Crippen molar-refractivity contribution in [3.05, 3.63) is 70.1 Å². The minimum Gasteiger partial charge on any atom is -0.387 e. The molecule has 2 N–H and O–H groups in total. The van der Waals surface area contributed by atoms with Crippen LogP contribution in [0.15, 0.2) is 53.9 Å². The second-order valence-corrected chi connectivity index (χ2v) is 6.21. The van der Waals surface area contributed by atoms with Gasteiger partial charge in [0.25, 0.3) is 5.91 Å². The van der Waals surface area contributed by atoms with Crippen molar-refractivity contribution >= 4 is 38.9 Å². The lowest BCUT2D eigenvalue weighted by molar-refractivity contribution is 0.0917. The van der Waals surface area contributed by atoms with E-state index in [-0.39, 0.29) is 12.5 Å². The monoisotopic (exact) mass is 331 g/mol. The number of amides is 1. The molecule has 112 valence electrons. The highest BCUT2D eigenvalue weighted by atomic mass is 35.5. The molecule has 0 fully saturated rings. The third kappa shape index (κ3) is 2.99. The van der Waals surface area contributed by atoms with Gasteiger partial charge in [-0.1, -0.05) is 41.9 Å². The number of aliphatic hydroxyl groups is 1. The number of halogens is 1. The van der Waals surface area contributed by atoms with Crippen LogP contribution in [0.3, 0.4) is 0 Å². The van der Waals surface area contributed by atoms with Crippen LogP contribution >= 0.6 is 22.9 Å². The summed E-state index contributed by atoms with van der Waals surface area (Å²) in [5, 5.41) is 16.4. The molecule has 0 bridgehead atoms. The van der Waals surface area contributed by atoms with Gasteiger partial charge in [-0.15, -0.1) is 11.3 Å². The van der Waals surface area contributed by atoms with Crippen LogP contribution in [-0.2, 0) is 0 Å². The predicted molar refractivity (Wildman–Crippen MR) is 90.6 cm³/mol. The molecule has 0 radical (unpaired) electrons. The Kier molecular flexibility index (Phi) is 4.43. The molecular formula is C17H14ClNO2S. The maximum Gasteiger partial charge on any atom is 0.252 e. The van der Waals surface area contributed by atoms with E-state index in [0.717, 1.165) is 15.6 Å². The van der Waals surface area contributed by atoms with Gasteiger partial charge in [0.15, 0.2) is 0 Å². The van der Waals surface area contributed by atoms with E-state index in [1.54, 1.807) is 35.6 Å². The van der Waals surface area contributed by atoms with Crippen molar-refractivity contribution in [2.45, 2.75) is 6.10 Å². The van der Waals surface area contributed by atoms with Crippen LogP contribution in [0.5, 0.6) is 0 Å². The third-order valence-electron chi connectivity index (χ3n) is 3.44. The van der Waals surface area contributed by atoms with Crippen LogP contribution in [0.1, 0.15) is 22.0 Å². The van der Waals surface area contributed by atoms with Crippen LogP contribution in [0.2, 0.25) is 5.02 Å². The van der Waals surface area contributed by atoms with Gasteiger partial charge in [0.05, 0.1) is 16.7 Å². The molecule has 0 saturated carbocycles. The van der Waals surface area contributed by atoms with E-state index < -0.39 is 6.10 Å². The van der Waals surface area contributed by atoms with Crippen LogP contribution in [-0.4, -0.2) is 17.6 Å². The number of carbonyl (C=O) groups excluding carboxylic acids is 1. The van der Waals surface area contributed by atoms with E-state index in [0.29, 0.717) is 10.6 Å². The van der Waals surface area contributed by atoms with Gasteiger partial charge in [-0.2, -0.15) is 0 Å². The number of fused-ring (bicyclic) bond motifs is 1. The van der Waals surface area contributed by atoms with Gasteiger partial charge in [-0.05, 0) is 29.0 Å². The average Bonchev–Trinajstić information content (AvgIpc) is 2.97. The lowest BCUT2D eigenvalue weighted by atomic mass is 10.1. The lowest BCUT2D eigenvalue weighted by Gasteiger charge is -2.12. The summed E-state index contributed by atoms with van der Waals surface area (Å²) in [5.74, 6) is -0.288. The summed E-state index contributed by atoms with van der Waals surface area (Å²) in [5.41, 5.74) is 1.24. The second-order valence-electron chi connectivity index (χ2n) is 4.89. The smallest absolute Gasteiger partial charge is 0.252 e. The van der Waals surface area contributed by atoms with Crippen LogP contribution in [0, 0.1) is 0 Å².